The van der Waals surface area contributed by atoms with Crippen LogP contribution < -0.4 is 5.14 Å². The second kappa shape index (κ2) is 6.99. The number of halogens is 4. The number of nitrogens with two attached hydrogens (primary N) is 1. The van der Waals surface area contributed by atoms with Gasteiger partial charge in [0.15, 0.2) is 4.90 Å². The Bertz CT molecular complexity index is 1080. The molecule has 0 bridgehead atoms. The summed E-state index contributed by atoms with van der Waals surface area (Å²) in [6.45, 7) is 0. The predicted molar refractivity (Wildman–Crippen MR) is 96.5 cm³/mol. The number of primary sulfonamides is 1. The first-order valence-electron chi connectivity index (χ1n) is 7.48. The summed E-state index contributed by atoms with van der Waals surface area (Å²) in [6, 6.07) is 4.67. The highest BCUT2D eigenvalue weighted by Crippen LogP contribution is 2.31. The molecule has 0 amide bonds. The molecule has 0 fully saturated rings. The standard InChI is InChI=1S/C18H11F4NO2S2/c19-12-3-11(4-13(20)8-12)14-2-1-9(7-17(14)26)10-5-15(21)18(16(22)6-10)27(23,24)25/h1-8,14H,(H2,23,24,25). The Morgan fingerprint density at radius 3 is 1.96 bits per heavy atom. The van der Waals surface area contributed by atoms with Gasteiger partial charge in [0, 0.05) is 16.8 Å². The number of hydrogen-bond acceptors (Lipinski definition) is 3. The molecule has 0 radical (unpaired) electrons. The first-order valence-corrected chi connectivity index (χ1v) is 9.43. The van der Waals surface area contributed by atoms with Crippen molar-refractivity contribution in [3.8, 4) is 0 Å². The van der Waals surface area contributed by atoms with Crippen LogP contribution in [-0.4, -0.2) is 13.3 Å². The van der Waals surface area contributed by atoms with Crippen molar-refractivity contribution in [2.45, 2.75) is 10.8 Å². The number of allylic oxidation sites excluding steroid dienone is 4. The first-order chi connectivity index (χ1) is 12.6. The van der Waals surface area contributed by atoms with E-state index in [2.05, 4.69) is 0 Å². The highest BCUT2D eigenvalue weighted by molar-refractivity contribution is 7.89. The second-order valence-corrected chi connectivity index (χ2v) is 7.83. The lowest BCUT2D eigenvalue weighted by Crippen LogP contribution is -2.16. The van der Waals surface area contributed by atoms with Crippen LogP contribution in [0, 0.1) is 23.3 Å². The lowest BCUT2D eigenvalue weighted by atomic mass is 9.88. The van der Waals surface area contributed by atoms with Gasteiger partial charge >= 0.3 is 0 Å². The van der Waals surface area contributed by atoms with Gasteiger partial charge in [-0.05, 0) is 47.0 Å². The van der Waals surface area contributed by atoms with Crippen LogP contribution in [0.1, 0.15) is 17.0 Å². The molecular formula is C18H11F4NO2S2. The molecule has 1 aliphatic carbocycles. The summed E-state index contributed by atoms with van der Waals surface area (Å²) < 4.78 is 77.4. The van der Waals surface area contributed by atoms with Gasteiger partial charge in [-0.15, -0.1) is 0 Å². The van der Waals surface area contributed by atoms with Gasteiger partial charge in [-0.3, -0.25) is 0 Å². The zero-order valence-corrected chi connectivity index (χ0v) is 15.1. The Hall–Kier alpha value is -2.36. The molecule has 140 valence electrons. The number of thiocarbonyl (C=S) groups is 1. The third kappa shape index (κ3) is 4.00. The molecule has 0 aliphatic heterocycles. The van der Waals surface area contributed by atoms with E-state index in [0.717, 1.165) is 30.3 Å². The molecule has 1 aliphatic rings. The zero-order chi connectivity index (χ0) is 19.9. The molecule has 0 aromatic heterocycles. The van der Waals surface area contributed by atoms with Gasteiger partial charge in [-0.25, -0.2) is 31.1 Å². The number of rotatable bonds is 3. The van der Waals surface area contributed by atoms with E-state index >= 15 is 0 Å². The summed E-state index contributed by atoms with van der Waals surface area (Å²) in [7, 11) is -4.56. The van der Waals surface area contributed by atoms with Gasteiger partial charge in [-0.2, -0.15) is 0 Å². The van der Waals surface area contributed by atoms with E-state index in [1.165, 1.54) is 18.2 Å². The van der Waals surface area contributed by atoms with Crippen LogP contribution >= 0.6 is 12.2 Å². The molecule has 3 nitrogen and oxygen atoms in total. The average molecular weight is 413 g/mol. The van der Waals surface area contributed by atoms with E-state index < -0.39 is 44.1 Å². The van der Waals surface area contributed by atoms with E-state index in [-0.39, 0.29) is 10.4 Å². The molecule has 0 spiro atoms. The summed E-state index contributed by atoms with van der Waals surface area (Å²) in [5.41, 5.74) is 0.651. The fourth-order valence-corrected chi connectivity index (χ4v) is 3.80. The van der Waals surface area contributed by atoms with E-state index in [1.54, 1.807) is 0 Å². The smallest absolute Gasteiger partial charge is 0.224 e. The highest BCUT2D eigenvalue weighted by Gasteiger charge is 2.23. The Labute approximate surface area is 157 Å². The van der Waals surface area contributed by atoms with E-state index in [4.69, 9.17) is 17.4 Å². The summed E-state index contributed by atoms with van der Waals surface area (Å²) in [4.78, 5) is -0.948. The monoisotopic (exact) mass is 413 g/mol. The highest BCUT2D eigenvalue weighted by atomic mass is 32.2. The number of hydrogen-bond donors (Lipinski definition) is 1. The molecule has 2 aromatic carbocycles. The zero-order valence-electron chi connectivity index (χ0n) is 13.4. The van der Waals surface area contributed by atoms with Crippen molar-refractivity contribution in [1.29, 1.82) is 0 Å². The molecule has 0 saturated carbocycles. The quantitative estimate of drug-likeness (QED) is 0.611. The van der Waals surface area contributed by atoms with Crippen molar-refractivity contribution in [3.05, 3.63) is 83.0 Å². The van der Waals surface area contributed by atoms with Crippen molar-refractivity contribution in [1.82, 2.24) is 0 Å². The number of sulfonamides is 1. The van der Waals surface area contributed by atoms with Crippen molar-refractivity contribution < 1.29 is 26.0 Å². The van der Waals surface area contributed by atoms with Crippen molar-refractivity contribution in [2.24, 2.45) is 5.14 Å². The first kappa shape index (κ1) is 19.4. The molecule has 1 atom stereocenters. The third-order valence-corrected chi connectivity index (χ3v) is 5.26. The largest absolute Gasteiger partial charge is 0.243 e. The normalized spacial score (nSPS) is 17.1. The Morgan fingerprint density at radius 2 is 1.48 bits per heavy atom. The van der Waals surface area contributed by atoms with Gasteiger partial charge in [0.05, 0.1) is 0 Å². The summed E-state index contributed by atoms with van der Waals surface area (Å²) >= 11 is 5.25. The molecule has 27 heavy (non-hydrogen) atoms. The summed E-state index contributed by atoms with van der Waals surface area (Å²) in [5, 5.41) is 4.80. The average Bonchev–Trinajstić information content (AvgIpc) is 2.51. The van der Waals surface area contributed by atoms with Crippen molar-refractivity contribution >= 4 is 32.7 Å². The van der Waals surface area contributed by atoms with Crippen LogP contribution in [-0.2, 0) is 10.0 Å². The summed E-state index contributed by atoms with van der Waals surface area (Å²) in [5.74, 6) is -4.76. The minimum Gasteiger partial charge on any atom is -0.224 e. The van der Waals surface area contributed by atoms with Crippen molar-refractivity contribution in [3.63, 3.8) is 0 Å². The molecule has 9 heteroatoms. The molecule has 0 saturated heterocycles. The Balaban J connectivity index is 1.98. The molecule has 2 N–H and O–H groups in total. The molecule has 3 rings (SSSR count). The summed E-state index contributed by atoms with van der Waals surface area (Å²) in [6.07, 6.45) is 4.44. The van der Waals surface area contributed by atoms with Crippen LogP contribution in [0.4, 0.5) is 17.6 Å². The molecular weight excluding hydrogens is 402 g/mol. The Morgan fingerprint density at radius 1 is 0.926 bits per heavy atom. The van der Waals surface area contributed by atoms with Gasteiger partial charge in [0.25, 0.3) is 0 Å². The van der Waals surface area contributed by atoms with Gasteiger partial charge in [0.2, 0.25) is 10.0 Å². The van der Waals surface area contributed by atoms with Crippen LogP contribution in [0.25, 0.3) is 5.57 Å². The topological polar surface area (TPSA) is 60.2 Å². The van der Waals surface area contributed by atoms with Crippen molar-refractivity contribution in [2.75, 3.05) is 0 Å². The van der Waals surface area contributed by atoms with Gasteiger partial charge in [0.1, 0.15) is 23.3 Å². The van der Waals surface area contributed by atoms with E-state index in [9.17, 15) is 26.0 Å². The molecule has 1 unspecified atom stereocenters. The maximum absolute atomic E-state index is 14.0. The van der Waals surface area contributed by atoms with Crippen LogP contribution in [0.5, 0.6) is 0 Å². The predicted octanol–water partition coefficient (Wildman–Crippen LogP) is 4.00. The van der Waals surface area contributed by atoms with Gasteiger partial charge in [-0.1, -0.05) is 24.4 Å². The molecule has 2 aromatic rings. The maximum atomic E-state index is 14.0. The Kier molecular flexibility index (Phi) is 5.02. The van der Waals surface area contributed by atoms with Crippen LogP contribution in [0.2, 0.25) is 0 Å². The maximum Gasteiger partial charge on any atom is 0.243 e. The lowest BCUT2D eigenvalue weighted by molar-refractivity contribution is 0.519. The van der Waals surface area contributed by atoms with Crippen LogP contribution in [0.3, 0.4) is 0 Å². The van der Waals surface area contributed by atoms with Gasteiger partial charge < -0.3 is 0 Å². The fraction of sp³-hybridized carbons (Fsp3) is 0.0556. The number of benzene rings is 2. The van der Waals surface area contributed by atoms with E-state index in [1.807, 2.05) is 0 Å². The lowest BCUT2D eigenvalue weighted by Gasteiger charge is -2.19. The third-order valence-electron chi connectivity index (χ3n) is 3.93. The SMILES string of the molecule is NS(=O)(=O)c1c(F)cc(C2=CC(=S)C(c3cc(F)cc(F)c3)C=C2)cc1F. The van der Waals surface area contributed by atoms with E-state index in [0.29, 0.717) is 11.1 Å². The minimum atomic E-state index is -4.56. The fourth-order valence-electron chi connectivity index (χ4n) is 2.79. The molecule has 0 heterocycles. The van der Waals surface area contributed by atoms with Crippen LogP contribution in [0.15, 0.2) is 53.5 Å². The minimum absolute atomic E-state index is 0.0415. The second-order valence-electron chi connectivity index (χ2n) is 5.86.